The molecule has 1 aromatic heterocycles. The summed E-state index contributed by atoms with van der Waals surface area (Å²) in [5, 5.41) is 0.466. The van der Waals surface area contributed by atoms with Crippen molar-refractivity contribution in [1.82, 2.24) is 9.88 Å². The Morgan fingerprint density at radius 3 is 2.82 bits per heavy atom. The molecule has 118 valence electrons. The van der Waals surface area contributed by atoms with Gasteiger partial charge in [-0.2, -0.15) is 0 Å². The van der Waals surface area contributed by atoms with Gasteiger partial charge in [0, 0.05) is 19.9 Å². The van der Waals surface area contributed by atoms with Crippen LogP contribution in [0.3, 0.4) is 0 Å². The molecule has 1 amide bonds. The van der Waals surface area contributed by atoms with Crippen molar-refractivity contribution in [3.05, 3.63) is 58.6 Å². The molecule has 4 nitrogen and oxygen atoms in total. The molecule has 1 aromatic carbocycles. The number of hydrogen-bond donors (Lipinski definition) is 1. The van der Waals surface area contributed by atoms with E-state index in [1.54, 1.807) is 36.4 Å². The lowest BCUT2D eigenvalue weighted by Gasteiger charge is -2.28. The van der Waals surface area contributed by atoms with Gasteiger partial charge in [0.15, 0.2) is 0 Å². The predicted molar refractivity (Wildman–Crippen MR) is 83.4 cm³/mol. The number of aromatic amines is 1. The Bertz CT molecular complexity index is 645. The highest BCUT2D eigenvalue weighted by Crippen LogP contribution is 2.16. The van der Waals surface area contributed by atoms with Gasteiger partial charge in [-0.1, -0.05) is 23.7 Å². The summed E-state index contributed by atoms with van der Waals surface area (Å²) in [6.07, 6.45) is 1.55. The topological polar surface area (TPSA) is 45.3 Å². The highest BCUT2D eigenvalue weighted by Gasteiger charge is 2.23. The molecular formula is C16H18ClFN2O2. The summed E-state index contributed by atoms with van der Waals surface area (Å²) < 4.78 is 18.5. The molecule has 0 bridgehead atoms. The van der Waals surface area contributed by atoms with Crippen LogP contribution in [0.2, 0.25) is 5.02 Å². The van der Waals surface area contributed by atoms with Crippen LogP contribution < -0.4 is 0 Å². The summed E-state index contributed by atoms with van der Waals surface area (Å²) in [5.74, 6) is -0.534. The smallest absolute Gasteiger partial charge is 0.270 e. The average molecular weight is 325 g/mol. The minimum absolute atomic E-state index is 0.164. The molecule has 6 heteroatoms. The van der Waals surface area contributed by atoms with E-state index in [0.717, 1.165) is 0 Å². The number of nitrogens with zero attached hydrogens (tertiary/aromatic N) is 1. The van der Waals surface area contributed by atoms with E-state index >= 15 is 0 Å². The summed E-state index contributed by atoms with van der Waals surface area (Å²) in [6.45, 7) is 2.55. The first kappa shape index (κ1) is 16.5. The number of H-pyrrole nitrogens is 1. The zero-order chi connectivity index (χ0) is 16.1. The maximum atomic E-state index is 13.3. The normalized spacial score (nSPS) is 12.2. The molecule has 22 heavy (non-hydrogen) atoms. The third-order valence-corrected chi connectivity index (χ3v) is 3.54. The minimum Gasteiger partial charge on any atom is -0.383 e. The van der Waals surface area contributed by atoms with Gasteiger partial charge >= 0.3 is 0 Å². The molecule has 0 aliphatic rings. The van der Waals surface area contributed by atoms with Crippen LogP contribution in [-0.2, 0) is 11.3 Å². The first-order chi connectivity index (χ1) is 10.5. The van der Waals surface area contributed by atoms with Gasteiger partial charge < -0.3 is 14.6 Å². The average Bonchev–Trinajstić information content (AvgIpc) is 2.91. The number of ether oxygens (including phenoxy) is 1. The number of nitrogens with one attached hydrogen (secondary N) is 1. The van der Waals surface area contributed by atoms with E-state index in [1.807, 2.05) is 6.92 Å². The number of methoxy groups -OCH3 is 1. The van der Waals surface area contributed by atoms with Crippen molar-refractivity contribution >= 4 is 17.5 Å². The van der Waals surface area contributed by atoms with Gasteiger partial charge in [0.05, 0.1) is 17.7 Å². The Labute approximate surface area is 133 Å². The molecule has 0 unspecified atom stereocenters. The number of rotatable bonds is 6. The van der Waals surface area contributed by atoms with E-state index in [9.17, 15) is 9.18 Å². The van der Waals surface area contributed by atoms with Gasteiger partial charge in [0.2, 0.25) is 0 Å². The second-order valence-corrected chi connectivity index (χ2v) is 5.54. The standard InChI is InChI=1S/C16H18ClFN2O2/c1-11(10-22-2)20(9-12-4-3-5-14(18)6-12)16(21)15-7-13(17)8-19-15/h3-8,11,19H,9-10H2,1-2H3/t11-/m0/s1. The Morgan fingerprint density at radius 1 is 1.45 bits per heavy atom. The molecule has 0 saturated carbocycles. The summed E-state index contributed by atoms with van der Waals surface area (Å²) in [7, 11) is 1.58. The van der Waals surface area contributed by atoms with Crippen LogP contribution in [0.1, 0.15) is 23.0 Å². The number of hydrogen-bond acceptors (Lipinski definition) is 2. The van der Waals surface area contributed by atoms with E-state index in [2.05, 4.69) is 4.98 Å². The maximum absolute atomic E-state index is 13.3. The second kappa shape index (κ2) is 7.42. The van der Waals surface area contributed by atoms with Crippen LogP contribution in [0.4, 0.5) is 4.39 Å². The summed E-state index contributed by atoms with van der Waals surface area (Å²) in [5.41, 5.74) is 1.11. The molecule has 0 fully saturated rings. The third-order valence-electron chi connectivity index (χ3n) is 3.32. The summed E-state index contributed by atoms with van der Waals surface area (Å²) in [4.78, 5) is 17.1. The van der Waals surface area contributed by atoms with E-state index in [0.29, 0.717) is 22.9 Å². The van der Waals surface area contributed by atoms with Crippen molar-refractivity contribution in [2.75, 3.05) is 13.7 Å². The monoisotopic (exact) mass is 324 g/mol. The Morgan fingerprint density at radius 2 is 2.23 bits per heavy atom. The van der Waals surface area contributed by atoms with Crippen LogP contribution in [0.5, 0.6) is 0 Å². The Kier molecular flexibility index (Phi) is 5.57. The van der Waals surface area contributed by atoms with Crippen LogP contribution in [0.15, 0.2) is 36.5 Å². The lowest BCUT2D eigenvalue weighted by molar-refractivity contribution is 0.0537. The summed E-state index contributed by atoms with van der Waals surface area (Å²) in [6, 6.07) is 7.61. The van der Waals surface area contributed by atoms with Crippen molar-refractivity contribution < 1.29 is 13.9 Å². The fraction of sp³-hybridized carbons (Fsp3) is 0.312. The molecule has 0 aliphatic heterocycles. The molecule has 1 heterocycles. The van der Waals surface area contributed by atoms with Crippen molar-refractivity contribution in [3.63, 3.8) is 0 Å². The van der Waals surface area contributed by atoms with Crippen molar-refractivity contribution in [3.8, 4) is 0 Å². The molecule has 0 saturated heterocycles. The maximum Gasteiger partial charge on any atom is 0.270 e. The largest absolute Gasteiger partial charge is 0.383 e. The van der Waals surface area contributed by atoms with Crippen molar-refractivity contribution in [1.29, 1.82) is 0 Å². The van der Waals surface area contributed by atoms with Crippen molar-refractivity contribution in [2.45, 2.75) is 19.5 Å². The highest BCUT2D eigenvalue weighted by atomic mass is 35.5. The molecule has 2 aromatic rings. The van der Waals surface area contributed by atoms with Gasteiger partial charge in [-0.05, 0) is 30.7 Å². The number of carbonyl (C=O) groups excluding carboxylic acids is 1. The van der Waals surface area contributed by atoms with Gasteiger partial charge in [0.1, 0.15) is 11.5 Å². The first-order valence-corrected chi connectivity index (χ1v) is 7.27. The number of carbonyl (C=O) groups is 1. The van der Waals surface area contributed by atoms with Crippen LogP contribution in [0.25, 0.3) is 0 Å². The van der Waals surface area contributed by atoms with Crippen molar-refractivity contribution in [2.24, 2.45) is 0 Å². The number of aromatic nitrogens is 1. The van der Waals surface area contributed by atoms with E-state index in [4.69, 9.17) is 16.3 Å². The third kappa shape index (κ3) is 4.08. The van der Waals surface area contributed by atoms with Crippen LogP contribution in [-0.4, -0.2) is 35.5 Å². The van der Waals surface area contributed by atoms with Crippen LogP contribution >= 0.6 is 11.6 Å². The van der Waals surface area contributed by atoms with E-state index in [-0.39, 0.29) is 24.3 Å². The first-order valence-electron chi connectivity index (χ1n) is 6.89. The highest BCUT2D eigenvalue weighted by molar-refractivity contribution is 6.30. The zero-order valence-electron chi connectivity index (χ0n) is 12.5. The molecule has 0 radical (unpaired) electrons. The number of amides is 1. The van der Waals surface area contributed by atoms with E-state index in [1.165, 1.54) is 12.1 Å². The zero-order valence-corrected chi connectivity index (χ0v) is 13.2. The fourth-order valence-corrected chi connectivity index (χ4v) is 2.40. The lowest BCUT2D eigenvalue weighted by Crippen LogP contribution is -2.40. The molecule has 2 rings (SSSR count). The quantitative estimate of drug-likeness (QED) is 0.884. The molecule has 1 atom stereocenters. The molecule has 0 aliphatic carbocycles. The van der Waals surface area contributed by atoms with Gasteiger partial charge in [0.25, 0.3) is 5.91 Å². The molecule has 1 N–H and O–H groups in total. The SMILES string of the molecule is COC[C@H](C)N(Cc1cccc(F)c1)C(=O)c1cc(Cl)c[nH]1. The molecular weight excluding hydrogens is 307 g/mol. The Balaban J connectivity index is 2.24. The fourth-order valence-electron chi connectivity index (χ4n) is 2.24. The van der Waals surface area contributed by atoms with Crippen LogP contribution in [0, 0.1) is 5.82 Å². The molecule has 0 spiro atoms. The van der Waals surface area contributed by atoms with Gasteiger partial charge in [-0.25, -0.2) is 4.39 Å². The Hall–Kier alpha value is -1.85. The minimum atomic E-state index is -0.327. The number of halogens is 2. The second-order valence-electron chi connectivity index (χ2n) is 5.10. The lowest BCUT2D eigenvalue weighted by atomic mass is 10.1. The van der Waals surface area contributed by atoms with E-state index < -0.39 is 0 Å². The van der Waals surface area contributed by atoms with Gasteiger partial charge in [-0.15, -0.1) is 0 Å². The van der Waals surface area contributed by atoms with Gasteiger partial charge in [-0.3, -0.25) is 4.79 Å². The summed E-state index contributed by atoms with van der Waals surface area (Å²) >= 11 is 5.85. The predicted octanol–water partition coefficient (Wildman–Crippen LogP) is 3.48. The number of benzene rings is 1.